The molecule has 0 N–H and O–H groups in total. The van der Waals surface area contributed by atoms with E-state index >= 15 is 0 Å². The minimum Gasteiger partial charge on any atom is -0.466 e. The molecule has 24 heavy (non-hydrogen) atoms. The van der Waals surface area contributed by atoms with E-state index in [9.17, 15) is 9.59 Å². The van der Waals surface area contributed by atoms with E-state index in [4.69, 9.17) is 9.47 Å². The molecule has 0 heterocycles. The van der Waals surface area contributed by atoms with Crippen molar-refractivity contribution in [2.75, 3.05) is 13.2 Å². The lowest BCUT2D eigenvalue weighted by Gasteiger charge is -2.11. The number of carbonyl (C=O) groups is 2. The highest BCUT2D eigenvalue weighted by molar-refractivity contribution is 5.73. The summed E-state index contributed by atoms with van der Waals surface area (Å²) < 4.78 is 10.4. The third-order valence-corrected chi connectivity index (χ3v) is 3.91. The molecule has 0 aliphatic rings. The SMILES string of the molecule is CC(C)CCCCOC(=O)CC(C)CC(=O)OCCCCC(C)C. The maximum atomic E-state index is 11.7. The summed E-state index contributed by atoms with van der Waals surface area (Å²) in [5.74, 6) is 0.930. The van der Waals surface area contributed by atoms with Gasteiger partial charge in [-0.2, -0.15) is 0 Å². The van der Waals surface area contributed by atoms with Crippen molar-refractivity contribution in [2.45, 2.75) is 86.0 Å². The summed E-state index contributed by atoms with van der Waals surface area (Å²) in [5, 5.41) is 0. The van der Waals surface area contributed by atoms with Gasteiger partial charge in [0.05, 0.1) is 13.2 Å². The van der Waals surface area contributed by atoms with Crippen LogP contribution in [0.3, 0.4) is 0 Å². The molecular weight excluding hydrogens is 304 g/mol. The Kier molecular flexibility index (Phi) is 13.7. The molecule has 0 aliphatic carbocycles. The van der Waals surface area contributed by atoms with Gasteiger partial charge in [0.15, 0.2) is 0 Å². The predicted molar refractivity (Wildman–Crippen MR) is 97.7 cm³/mol. The molecule has 0 saturated heterocycles. The Bertz CT molecular complexity index is 305. The summed E-state index contributed by atoms with van der Waals surface area (Å²) in [6.45, 7) is 11.6. The van der Waals surface area contributed by atoms with Crippen LogP contribution in [0.15, 0.2) is 0 Å². The zero-order valence-corrected chi connectivity index (χ0v) is 16.4. The molecule has 0 amide bonds. The highest BCUT2D eigenvalue weighted by Gasteiger charge is 2.15. The van der Waals surface area contributed by atoms with Gasteiger partial charge < -0.3 is 9.47 Å². The minimum atomic E-state index is -0.211. The van der Waals surface area contributed by atoms with Gasteiger partial charge in [-0.25, -0.2) is 0 Å². The second kappa shape index (κ2) is 14.3. The van der Waals surface area contributed by atoms with Crippen molar-refractivity contribution in [3.8, 4) is 0 Å². The van der Waals surface area contributed by atoms with E-state index in [2.05, 4.69) is 27.7 Å². The van der Waals surface area contributed by atoms with Crippen LogP contribution < -0.4 is 0 Å². The molecule has 0 fully saturated rings. The van der Waals surface area contributed by atoms with Crippen LogP contribution >= 0.6 is 0 Å². The van der Waals surface area contributed by atoms with E-state index in [0.717, 1.165) is 38.5 Å². The summed E-state index contributed by atoms with van der Waals surface area (Å²) in [6, 6.07) is 0. The Morgan fingerprint density at radius 2 is 1.04 bits per heavy atom. The lowest BCUT2D eigenvalue weighted by Crippen LogP contribution is -2.15. The third-order valence-electron chi connectivity index (χ3n) is 3.91. The molecular formula is C20H38O4. The molecule has 0 aromatic rings. The fourth-order valence-corrected chi connectivity index (χ4v) is 2.44. The minimum absolute atomic E-state index is 0.0312. The van der Waals surface area contributed by atoms with E-state index in [1.54, 1.807) is 0 Å². The number of hydrogen-bond donors (Lipinski definition) is 0. The van der Waals surface area contributed by atoms with Crippen LogP contribution in [-0.4, -0.2) is 25.2 Å². The molecule has 142 valence electrons. The molecule has 0 aromatic heterocycles. The third kappa shape index (κ3) is 15.8. The second-order valence-corrected chi connectivity index (χ2v) is 7.73. The number of carbonyl (C=O) groups excluding carboxylic acids is 2. The van der Waals surface area contributed by atoms with Crippen molar-refractivity contribution in [3.05, 3.63) is 0 Å². The molecule has 0 atom stereocenters. The van der Waals surface area contributed by atoms with E-state index in [1.807, 2.05) is 6.92 Å². The Balaban J connectivity index is 3.62. The van der Waals surface area contributed by atoms with E-state index in [1.165, 1.54) is 0 Å². The van der Waals surface area contributed by atoms with Crippen LogP contribution in [0.2, 0.25) is 0 Å². The summed E-state index contributed by atoms with van der Waals surface area (Å²) in [5.41, 5.74) is 0. The summed E-state index contributed by atoms with van der Waals surface area (Å²) in [4.78, 5) is 23.4. The highest BCUT2D eigenvalue weighted by Crippen LogP contribution is 2.12. The van der Waals surface area contributed by atoms with Crippen molar-refractivity contribution >= 4 is 11.9 Å². The van der Waals surface area contributed by atoms with Gasteiger partial charge in [0.2, 0.25) is 0 Å². The van der Waals surface area contributed by atoms with E-state index in [-0.39, 0.29) is 30.7 Å². The first-order valence-corrected chi connectivity index (χ1v) is 9.62. The molecule has 0 aliphatic heterocycles. The maximum absolute atomic E-state index is 11.7. The molecule has 0 aromatic carbocycles. The van der Waals surface area contributed by atoms with Gasteiger partial charge in [-0.3, -0.25) is 9.59 Å². The Hall–Kier alpha value is -1.06. The number of rotatable bonds is 14. The maximum Gasteiger partial charge on any atom is 0.306 e. The lowest BCUT2D eigenvalue weighted by atomic mass is 10.0. The van der Waals surface area contributed by atoms with Gasteiger partial charge in [0, 0.05) is 12.8 Å². The van der Waals surface area contributed by atoms with E-state index in [0.29, 0.717) is 25.0 Å². The Labute approximate surface area is 148 Å². The first kappa shape index (κ1) is 22.9. The smallest absolute Gasteiger partial charge is 0.306 e. The van der Waals surface area contributed by atoms with Crippen LogP contribution in [0.4, 0.5) is 0 Å². The first-order chi connectivity index (χ1) is 11.3. The molecule has 0 radical (unpaired) electrons. The molecule has 4 nitrogen and oxygen atoms in total. The van der Waals surface area contributed by atoms with Crippen molar-refractivity contribution in [3.63, 3.8) is 0 Å². The number of ether oxygens (including phenoxy) is 2. The lowest BCUT2D eigenvalue weighted by molar-refractivity contribution is -0.147. The van der Waals surface area contributed by atoms with Gasteiger partial charge >= 0.3 is 11.9 Å². The Morgan fingerprint density at radius 1 is 0.667 bits per heavy atom. The average Bonchev–Trinajstić information content (AvgIpc) is 2.45. The Morgan fingerprint density at radius 3 is 1.38 bits per heavy atom. The van der Waals surface area contributed by atoms with Gasteiger partial charge in [-0.15, -0.1) is 0 Å². The van der Waals surface area contributed by atoms with Crippen molar-refractivity contribution in [1.29, 1.82) is 0 Å². The fourth-order valence-electron chi connectivity index (χ4n) is 2.44. The molecule has 0 rings (SSSR count). The topological polar surface area (TPSA) is 52.6 Å². The molecule has 0 spiro atoms. The molecule has 0 unspecified atom stereocenters. The van der Waals surface area contributed by atoms with Gasteiger partial charge in [-0.05, 0) is 43.4 Å². The van der Waals surface area contributed by atoms with Gasteiger partial charge in [-0.1, -0.05) is 47.5 Å². The normalized spacial score (nSPS) is 11.3. The van der Waals surface area contributed by atoms with Crippen molar-refractivity contribution < 1.29 is 19.1 Å². The van der Waals surface area contributed by atoms with Crippen LogP contribution in [-0.2, 0) is 19.1 Å². The highest BCUT2D eigenvalue weighted by atomic mass is 16.5. The van der Waals surface area contributed by atoms with Crippen LogP contribution in [0, 0.1) is 17.8 Å². The fraction of sp³-hybridized carbons (Fsp3) is 0.900. The van der Waals surface area contributed by atoms with Gasteiger partial charge in [0.1, 0.15) is 0 Å². The summed E-state index contributed by atoms with van der Waals surface area (Å²) >= 11 is 0. The number of unbranched alkanes of at least 4 members (excludes halogenated alkanes) is 2. The van der Waals surface area contributed by atoms with Crippen LogP contribution in [0.5, 0.6) is 0 Å². The van der Waals surface area contributed by atoms with Crippen molar-refractivity contribution in [2.24, 2.45) is 17.8 Å². The zero-order chi connectivity index (χ0) is 18.4. The summed E-state index contributed by atoms with van der Waals surface area (Å²) in [6.07, 6.45) is 6.90. The number of esters is 2. The first-order valence-electron chi connectivity index (χ1n) is 9.62. The monoisotopic (exact) mass is 342 g/mol. The number of hydrogen-bond acceptors (Lipinski definition) is 4. The molecule has 4 heteroatoms. The summed E-state index contributed by atoms with van der Waals surface area (Å²) in [7, 11) is 0. The van der Waals surface area contributed by atoms with Crippen LogP contribution in [0.1, 0.15) is 86.0 Å². The second-order valence-electron chi connectivity index (χ2n) is 7.73. The van der Waals surface area contributed by atoms with Crippen molar-refractivity contribution in [1.82, 2.24) is 0 Å². The molecule has 0 saturated carbocycles. The largest absolute Gasteiger partial charge is 0.466 e. The average molecular weight is 343 g/mol. The standard InChI is InChI=1S/C20H38O4/c1-16(2)10-6-8-12-23-19(21)14-18(5)15-20(22)24-13-9-7-11-17(3)4/h16-18H,6-15H2,1-5H3. The zero-order valence-electron chi connectivity index (χ0n) is 16.4. The predicted octanol–water partition coefficient (Wildman–Crippen LogP) is 5.14. The quantitative estimate of drug-likeness (QED) is 0.324. The van der Waals surface area contributed by atoms with Crippen LogP contribution in [0.25, 0.3) is 0 Å². The van der Waals surface area contributed by atoms with Gasteiger partial charge in [0.25, 0.3) is 0 Å². The molecule has 0 bridgehead atoms. The van der Waals surface area contributed by atoms with E-state index < -0.39 is 0 Å².